The largest absolute Gasteiger partial charge is 0.397 e. The third kappa shape index (κ3) is 4.66. The first-order valence-corrected chi connectivity index (χ1v) is 10.1. The molecule has 0 bridgehead atoms. The smallest absolute Gasteiger partial charge is 0.178 e. The minimum absolute atomic E-state index is 0.0129. The minimum Gasteiger partial charge on any atom is -0.397 e. The third-order valence-electron chi connectivity index (χ3n) is 3.81. The maximum absolute atomic E-state index is 12.1. The Balaban J connectivity index is 1.84. The van der Waals surface area contributed by atoms with E-state index in [0.29, 0.717) is 28.0 Å². The molecule has 27 heavy (non-hydrogen) atoms. The summed E-state index contributed by atoms with van der Waals surface area (Å²) in [6.45, 7) is 1.60. The van der Waals surface area contributed by atoms with Gasteiger partial charge >= 0.3 is 0 Å². The fourth-order valence-corrected chi connectivity index (χ4v) is 3.35. The zero-order valence-corrected chi connectivity index (χ0v) is 16.1. The Morgan fingerprint density at radius 1 is 1.00 bits per heavy atom. The number of sulfone groups is 1. The van der Waals surface area contributed by atoms with E-state index in [0.717, 1.165) is 5.69 Å². The number of anilines is 5. The molecule has 0 saturated heterocycles. The average Bonchev–Trinajstić information content (AvgIpc) is 2.65. The lowest BCUT2D eigenvalue weighted by Crippen LogP contribution is -2.06. The van der Waals surface area contributed by atoms with Crippen LogP contribution in [0, 0.1) is 0 Å². The SMILES string of the molecule is CCS(=O)(=O)c1ccc(N)c(Nc2cc(Nc3ccc(Cl)cc3)ncn2)c1. The summed E-state index contributed by atoms with van der Waals surface area (Å²) in [7, 11) is -3.33. The van der Waals surface area contributed by atoms with Crippen molar-refractivity contribution in [3.8, 4) is 0 Å². The summed E-state index contributed by atoms with van der Waals surface area (Å²) in [5, 5.41) is 6.82. The van der Waals surface area contributed by atoms with Crippen molar-refractivity contribution in [1.82, 2.24) is 9.97 Å². The zero-order valence-electron chi connectivity index (χ0n) is 14.5. The van der Waals surface area contributed by atoms with E-state index in [2.05, 4.69) is 20.6 Å². The summed E-state index contributed by atoms with van der Waals surface area (Å²) in [5.41, 5.74) is 7.66. The maximum atomic E-state index is 12.1. The summed E-state index contributed by atoms with van der Waals surface area (Å²) < 4.78 is 24.2. The molecule has 1 aromatic heterocycles. The Bertz CT molecular complexity index is 1060. The number of rotatable bonds is 6. The molecule has 0 aliphatic rings. The molecule has 0 aliphatic heterocycles. The van der Waals surface area contributed by atoms with Crippen molar-refractivity contribution in [2.75, 3.05) is 22.1 Å². The molecular formula is C18H18ClN5O2S. The zero-order chi connectivity index (χ0) is 19.4. The van der Waals surface area contributed by atoms with E-state index in [9.17, 15) is 8.42 Å². The van der Waals surface area contributed by atoms with Crippen LogP contribution in [0.15, 0.2) is 59.8 Å². The summed E-state index contributed by atoms with van der Waals surface area (Å²) in [5.74, 6) is 1.05. The summed E-state index contributed by atoms with van der Waals surface area (Å²) in [4.78, 5) is 8.53. The van der Waals surface area contributed by atoms with Crippen LogP contribution in [0.2, 0.25) is 5.02 Å². The van der Waals surface area contributed by atoms with Crippen LogP contribution in [0.3, 0.4) is 0 Å². The Hall–Kier alpha value is -2.84. The third-order valence-corrected chi connectivity index (χ3v) is 5.79. The maximum Gasteiger partial charge on any atom is 0.178 e. The van der Waals surface area contributed by atoms with E-state index < -0.39 is 9.84 Å². The lowest BCUT2D eigenvalue weighted by Gasteiger charge is -2.12. The summed E-state index contributed by atoms with van der Waals surface area (Å²) in [6, 6.07) is 13.4. The van der Waals surface area contributed by atoms with E-state index in [1.54, 1.807) is 31.2 Å². The highest BCUT2D eigenvalue weighted by Crippen LogP contribution is 2.27. The Morgan fingerprint density at radius 3 is 2.33 bits per heavy atom. The molecule has 0 saturated carbocycles. The van der Waals surface area contributed by atoms with E-state index in [1.165, 1.54) is 18.5 Å². The van der Waals surface area contributed by atoms with Gasteiger partial charge in [-0.1, -0.05) is 18.5 Å². The number of halogens is 1. The Kier molecular flexibility index (Phi) is 5.48. The molecule has 9 heteroatoms. The minimum atomic E-state index is -3.33. The standard InChI is InChI=1S/C18H18ClN5O2S/c1-2-27(25,26)14-7-8-15(20)16(9-14)24-18-10-17(21-11-22-18)23-13-5-3-12(19)4-6-13/h3-11H,2,20H2,1H3,(H2,21,22,23,24). The van der Waals surface area contributed by atoms with Crippen LogP contribution in [0.1, 0.15) is 6.92 Å². The van der Waals surface area contributed by atoms with Gasteiger partial charge in [-0.2, -0.15) is 0 Å². The number of benzene rings is 2. The second-order valence-electron chi connectivity index (χ2n) is 5.70. The van der Waals surface area contributed by atoms with Crippen LogP contribution < -0.4 is 16.4 Å². The second-order valence-corrected chi connectivity index (χ2v) is 8.41. The number of nitrogen functional groups attached to an aromatic ring is 1. The van der Waals surface area contributed by atoms with Crippen molar-refractivity contribution in [2.45, 2.75) is 11.8 Å². The fraction of sp³-hybridized carbons (Fsp3) is 0.111. The van der Waals surface area contributed by atoms with Crippen LogP contribution in [0.4, 0.5) is 28.7 Å². The quantitative estimate of drug-likeness (QED) is 0.533. The van der Waals surface area contributed by atoms with Crippen LogP contribution in [-0.4, -0.2) is 24.1 Å². The van der Waals surface area contributed by atoms with Gasteiger partial charge in [0.1, 0.15) is 18.0 Å². The molecule has 3 aromatic rings. The normalized spacial score (nSPS) is 11.2. The lowest BCUT2D eigenvalue weighted by atomic mass is 10.2. The van der Waals surface area contributed by atoms with Gasteiger partial charge in [0.05, 0.1) is 22.0 Å². The van der Waals surface area contributed by atoms with Crippen molar-refractivity contribution >= 4 is 50.1 Å². The number of hydrogen-bond donors (Lipinski definition) is 3. The summed E-state index contributed by atoms with van der Waals surface area (Å²) >= 11 is 5.88. The van der Waals surface area contributed by atoms with Crippen LogP contribution in [-0.2, 0) is 9.84 Å². The van der Waals surface area contributed by atoms with Gasteiger partial charge in [0.25, 0.3) is 0 Å². The van der Waals surface area contributed by atoms with Crippen molar-refractivity contribution in [3.63, 3.8) is 0 Å². The lowest BCUT2D eigenvalue weighted by molar-refractivity contribution is 0.597. The van der Waals surface area contributed by atoms with E-state index in [-0.39, 0.29) is 10.6 Å². The van der Waals surface area contributed by atoms with Crippen molar-refractivity contribution in [1.29, 1.82) is 0 Å². The number of nitrogens with two attached hydrogens (primary N) is 1. The molecule has 0 atom stereocenters. The molecule has 0 fully saturated rings. The number of nitrogens with one attached hydrogen (secondary N) is 2. The average molecular weight is 404 g/mol. The first-order valence-electron chi connectivity index (χ1n) is 8.11. The van der Waals surface area contributed by atoms with Gasteiger partial charge in [-0.15, -0.1) is 0 Å². The molecule has 4 N–H and O–H groups in total. The molecule has 0 amide bonds. The molecule has 3 rings (SSSR count). The molecule has 140 valence electrons. The highest BCUT2D eigenvalue weighted by atomic mass is 35.5. The molecule has 0 unspecified atom stereocenters. The highest BCUT2D eigenvalue weighted by molar-refractivity contribution is 7.91. The van der Waals surface area contributed by atoms with Gasteiger partial charge in [-0.25, -0.2) is 18.4 Å². The molecule has 1 heterocycles. The predicted molar refractivity (Wildman–Crippen MR) is 109 cm³/mol. The predicted octanol–water partition coefficient (Wildman–Crippen LogP) is 3.99. The van der Waals surface area contributed by atoms with Crippen molar-refractivity contribution in [2.24, 2.45) is 0 Å². The molecule has 0 spiro atoms. The van der Waals surface area contributed by atoms with E-state index >= 15 is 0 Å². The monoisotopic (exact) mass is 403 g/mol. The van der Waals surface area contributed by atoms with Gasteiger partial charge in [-0.05, 0) is 42.5 Å². The number of nitrogens with zero attached hydrogens (tertiary/aromatic N) is 2. The van der Waals surface area contributed by atoms with Crippen molar-refractivity contribution < 1.29 is 8.42 Å². The van der Waals surface area contributed by atoms with Crippen LogP contribution >= 0.6 is 11.6 Å². The fourth-order valence-electron chi connectivity index (χ4n) is 2.32. The molecule has 2 aromatic carbocycles. The topological polar surface area (TPSA) is 110 Å². The van der Waals surface area contributed by atoms with Crippen LogP contribution in [0.25, 0.3) is 0 Å². The second kappa shape index (κ2) is 7.81. The molecule has 0 radical (unpaired) electrons. The van der Waals surface area contributed by atoms with Crippen molar-refractivity contribution in [3.05, 3.63) is 59.9 Å². The Labute approximate surface area is 162 Å². The first-order chi connectivity index (χ1) is 12.9. The Morgan fingerprint density at radius 2 is 1.67 bits per heavy atom. The van der Waals surface area contributed by atoms with E-state index in [1.807, 2.05) is 12.1 Å². The van der Waals surface area contributed by atoms with Gasteiger partial charge in [-0.3, -0.25) is 0 Å². The molecule has 7 nitrogen and oxygen atoms in total. The van der Waals surface area contributed by atoms with Gasteiger partial charge < -0.3 is 16.4 Å². The van der Waals surface area contributed by atoms with Gasteiger partial charge in [0.2, 0.25) is 0 Å². The molecular weight excluding hydrogens is 386 g/mol. The van der Waals surface area contributed by atoms with Gasteiger partial charge in [0, 0.05) is 16.8 Å². The van der Waals surface area contributed by atoms with Gasteiger partial charge in [0.15, 0.2) is 9.84 Å². The summed E-state index contributed by atoms with van der Waals surface area (Å²) in [6.07, 6.45) is 1.39. The van der Waals surface area contributed by atoms with Crippen LogP contribution in [0.5, 0.6) is 0 Å². The van der Waals surface area contributed by atoms with E-state index in [4.69, 9.17) is 17.3 Å². The number of aromatic nitrogens is 2. The molecule has 0 aliphatic carbocycles. The first kappa shape index (κ1) is 18.9. The number of hydrogen-bond acceptors (Lipinski definition) is 7. The highest BCUT2D eigenvalue weighted by Gasteiger charge is 2.14.